The summed E-state index contributed by atoms with van der Waals surface area (Å²) in [4.78, 5) is 0. The molecule has 0 aromatic rings. The second-order valence-electron chi connectivity index (χ2n) is 4.68. The topological polar surface area (TPSA) is 67.4 Å². The lowest BCUT2D eigenvalue weighted by atomic mass is 10.4. The Bertz CT molecular complexity index is 302. The lowest BCUT2D eigenvalue weighted by Crippen LogP contribution is -2.38. The summed E-state index contributed by atoms with van der Waals surface area (Å²) in [5.41, 5.74) is 0. The molecule has 2 N–H and O–H groups in total. The first-order valence-electron chi connectivity index (χ1n) is 6.27. The van der Waals surface area contributed by atoms with Gasteiger partial charge in [0.2, 0.25) is 10.0 Å². The third-order valence-corrected chi connectivity index (χ3v) is 4.67. The minimum atomic E-state index is -3.18. The molecule has 1 rings (SSSR count). The van der Waals surface area contributed by atoms with Crippen LogP contribution in [0, 0.1) is 5.92 Å². The van der Waals surface area contributed by atoms with Crippen LogP contribution < -0.4 is 10.0 Å². The predicted octanol–water partition coefficient (Wildman–Crippen LogP) is 0.330. The number of hydrogen-bond acceptors (Lipinski definition) is 4. The van der Waals surface area contributed by atoms with Gasteiger partial charge < -0.3 is 10.1 Å². The van der Waals surface area contributed by atoms with Crippen molar-refractivity contribution in [1.82, 2.24) is 10.0 Å². The van der Waals surface area contributed by atoms with Gasteiger partial charge in [0.1, 0.15) is 0 Å². The van der Waals surface area contributed by atoms with Crippen molar-refractivity contribution in [1.29, 1.82) is 0 Å². The standard InChI is InChI=1S/C11H24N2O3S/c1-10(8-12-2)17(14,15)13-6-3-7-16-9-11-4-5-11/h10-13H,3-9H2,1-2H3. The molecule has 102 valence electrons. The summed E-state index contributed by atoms with van der Waals surface area (Å²) in [6, 6.07) is 0. The van der Waals surface area contributed by atoms with Gasteiger partial charge in [0.05, 0.1) is 5.25 Å². The molecule has 1 aliphatic rings. The Morgan fingerprint density at radius 1 is 1.41 bits per heavy atom. The quantitative estimate of drug-likeness (QED) is 0.558. The molecule has 1 fully saturated rings. The van der Waals surface area contributed by atoms with Crippen molar-refractivity contribution >= 4 is 10.0 Å². The van der Waals surface area contributed by atoms with E-state index in [-0.39, 0.29) is 0 Å². The van der Waals surface area contributed by atoms with Gasteiger partial charge in [-0.3, -0.25) is 0 Å². The third-order valence-electron chi connectivity index (χ3n) is 2.84. The van der Waals surface area contributed by atoms with E-state index in [9.17, 15) is 8.42 Å². The Hall–Kier alpha value is -0.170. The van der Waals surface area contributed by atoms with Crippen LogP contribution in [0.4, 0.5) is 0 Å². The highest BCUT2D eigenvalue weighted by molar-refractivity contribution is 7.90. The second-order valence-corrected chi connectivity index (χ2v) is 6.86. The van der Waals surface area contributed by atoms with Gasteiger partial charge >= 0.3 is 0 Å². The van der Waals surface area contributed by atoms with Gasteiger partial charge in [-0.25, -0.2) is 13.1 Å². The molecule has 17 heavy (non-hydrogen) atoms. The first kappa shape index (κ1) is 14.9. The molecule has 1 atom stereocenters. The summed E-state index contributed by atoms with van der Waals surface area (Å²) in [5, 5.41) is 2.46. The fourth-order valence-electron chi connectivity index (χ4n) is 1.46. The lowest BCUT2D eigenvalue weighted by Gasteiger charge is -2.13. The van der Waals surface area contributed by atoms with Crippen molar-refractivity contribution in [2.24, 2.45) is 5.92 Å². The van der Waals surface area contributed by atoms with E-state index >= 15 is 0 Å². The first-order chi connectivity index (χ1) is 8.06. The van der Waals surface area contributed by atoms with Gasteiger partial charge in [-0.15, -0.1) is 0 Å². The largest absolute Gasteiger partial charge is 0.381 e. The van der Waals surface area contributed by atoms with Gasteiger partial charge in [-0.05, 0) is 39.2 Å². The van der Waals surface area contributed by atoms with E-state index in [0.29, 0.717) is 19.7 Å². The molecule has 1 saturated carbocycles. The molecular formula is C11H24N2O3S. The van der Waals surface area contributed by atoms with E-state index < -0.39 is 15.3 Å². The maximum absolute atomic E-state index is 11.7. The van der Waals surface area contributed by atoms with E-state index in [2.05, 4.69) is 10.0 Å². The summed E-state index contributed by atoms with van der Waals surface area (Å²) in [6.07, 6.45) is 3.31. The normalized spacial score (nSPS) is 18.2. The van der Waals surface area contributed by atoms with Crippen LogP contribution in [0.3, 0.4) is 0 Å². The highest BCUT2D eigenvalue weighted by atomic mass is 32.2. The molecule has 0 amide bonds. The van der Waals surface area contributed by atoms with E-state index in [1.807, 2.05) is 0 Å². The maximum atomic E-state index is 11.7. The number of ether oxygens (including phenoxy) is 1. The van der Waals surface area contributed by atoms with Gasteiger partial charge in [0.15, 0.2) is 0 Å². The molecule has 5 nitrogen and oxygen atoms in total. The zero-order valence-electron chi connectivity index (χ0n) is 10.7. The van der Waals surface area contributed by atoms with Crippen LogP contribution in [0.15, 0.2) is 0 Å². The average Bonchev–Trinajstić information content (AvgIpc) is 3.07. The van der Waals surface area contributed by atoms with Crippen molar-refractivity contribution in [3.63, 3.8) is 0 Å². The molecule has 0 aromatic heterocycles. The van der Waals surface area contributed by atoms with E-state index in [1.165, 1.54) is 12.8 Å². The minimum absolute atomic E-state index is 0.403. The van der Waals surface area contributed by atoms with Crippen LogP contribution in [-0.2, 0) is 14.8 Å². The van der Waals surface area contributed by atoms with Gasteiger partial charge in [0, 0.05) is 26.3 Å². The van der Waals surface area contributed by atoms with Crippen LogP contribution in [0.1, 0.15) is 26.2 Å². The van der Waals surface area contributed by atoms with Crippen LogP contribution >= 0.6 is 0 Å². The molecule has 6 heteroatoms. The zero-order chi connectivity index (χ0) is 12.7. The number of nitrogens with one attached hydrogen (secondary N) is 2. The molecule has 0 heterocycles. The molecular weight excluding hydrogens is 240 g/mol. The molecule has 0 saturated heterocycles. The lowest BCUT2D eigenvalue weighted by molar-refractivity contribution is 0.123. The number of rotatable bonds is 10. The molecule has 0 aromatic carbocycles. The van der Waals surface area contributed by atoms with Crippen molar-refractivity contribution in [3.05, 3.63) is 0 Å². The van der Waals surface area contributed by atoms with E-state index in [0.717, 1.165) is 18.9 Å². The summed E-state index contributed by atoms with van der Waals surface area (Å²) in [5.74, 6) is 0.766. The van der Waals surface area contributed by atoms with Crippen LogP contribution in [0.2, 0.25) is 0 Å². The van der Waals surface area contributed by atoms with Crippen molar-refractivity contribution < 1.29 is 13.2 Å². The number of hydrogen-bond donors (Lipinski definition) is 2. The Morgan fingerprint density at radius 2 is 2.12 bits per heavy atom. The van der Waals surface area contributed by atoms with Crippen LogP contribution in [-0.4, -0.2) is 47.0 Å². The fourth-order valence-corrected chi connectivity index (χ4v) is 2.56. The highest BCUT2D eigenvalue weighted by Gasteiger charge is 2.21. The molecule has 0 radical (unpaired) electrons. The summed E-state index contributed by atoms with van der Waals surface area (Å²) >= 11 is 0. The Balaban J connectivity index is 2.03. The van der Waals surface area contributed by atoms with Gasteiger partial charge in [0.25, 0.3) is 0 Å². The molecule has 0 aliphatic heterocycles. The Kier molecular flexibility index (Phi) is 6.40. The molecule has 1 aliphatic carbocycles. The SMILES string of the molecule is CNCC(C)S(=O)(=O)NCCCOCC1CC1. The predicted molar refractivity (Wildman–Crippen MR) is 68.5 cm³/mol. The summed E-state index contributed by atoms with van der Waals surface area (Å²) < 4.78 is 31.4. The Labute approximate surface area is 104 Å². The minimum Gasteiger partial charge on any atom is -0.381 e. The van der Waals surface area contributed by atoms with Crippen LogP contribution in [0.25, 0.3) is 0 Å². The van der Waals surface area contributed by atoms with Crippen LogP contribution in [0.5, 0.6) is 0 Å². The van der Waals surface area contributed by atoms with Gasteiger partial charge in [-0.1, -0.05) is 0 Å². The second kappa shape index (κ2) is 7.31. The van der Waals surface area contributed by atoms with Gasteiger partial charge in [-0.2, -0.15) is 0 Å². The number of sulfonamides is 1. The molecule has 0 spiro atoms. The maximum Gasteiger partial charge on any atom is 0.215 e. The highest BCUT2D eigenvalue weighted by Crippen LogP contribution is 2.28. The monoisotopic (exact) mass is 264 g/mol. The van der Waals surface area contributed by atoms with Crippen molar-refractivity contribution in [2.45, 2.75) is 31.4 Å². The smallest absolute Gasteiger partial charge is 0.215 e. The van der Waals surface area contributed by atoms with Crippen molar-refractivity contribution in [2.75, 3.05) is 33.4 Å². The average molecular weight is 264 g/mol. The zero-order valence-corrected chi connectivity index (χ0v) is 11.6. The van der Waals surface area contributed by atoms with E-state index in [1.54, 1.807) is 14.0 Å². The Morgan fingerprint density at radius 3 is 2.71 bits per heavy atom. The first-order valence-corrected chi connectivity index (χ1v) is 7.81. The molecule has 0 bridgehead atoms. The fraction of sp³-hybridized carbons (Fsp3) is 1.00. The van der Waals surface area contributed by atoms with Crippen molar-refractivity contribution in [3.8, 4) is 0 Å². The van der Waals surface area contributed by atoms with E-state index in [4.69, 9.17) is 4.74 Å². The summed E-state index contributed by atoms with van der Waals surface area (Å²) in [7, 11) is -1.43. The third kappa shape index (κ3) is 6.35. The summed E-state index contributed by atoms with van der Waals surface area (Å²) in [6.45, 7) is 4.10. The molecule has 1 unspecified atom stereocenters.